The molecule has 1 aliphatic heterocycles. The SMILES string of the molecule is CCC[C@H](C(N)=O)C(CC(C)C)C(=O)N[C@H]1CCCCN(Cc2cccc(-c3ccc(OC)cc3)c2)C1=O. The summed E-state index contributed by atoms with van der Waals surface area (Å²) in [5.74, 6) is -0.779. The summed E-state index contributed by atoms with van der Waals surface area (Å²) >= 11 is 0. The van der Waals surface area contributed by atoms with Crippen molar-refractivity contribution in [3.8, 4) is 16.9 Å². The molecule has 1 unspecified atom stereocenters. The van der Waals surface area contributed by atoms with Crippen molar-refractivity contribution in [2.45, 2.75) is 71.9 Å². The van der Waals surface area contributed by atoms with E-state index < -0.39 is 23.8 Å². The Kier molecular flexibility index (Phi) is 10.7. The molecule has 1 fully saturated rings. The molecule has 0 aromatic heterocycles. The summed E-state index contributed by atoms with van der Waals surface area (Å²) in [5, 5.41) is 3.02. The van der Waals surface area contributed by atoms with Gasteiger partial charge in [0.1, 0.15) is 11.8 Å². The molecule has 0 bridgehead atoms. The van der Waals surface area contributed by atoms with Crippen molar-refractivity contribution in [1.82, 2.24) is 10.2 Å². The fourth-order valence-electron chi connectivity index (χ4n) is 5.34. The van der Waals surface area contributed by atoms with Crippen LogP contribution in [0.4, 0.5) is 0 Å². The van der Waals surface area contributed by atoms with E-state index in [1.165, 1.54) is 0 Å². The smallest absolute Gasteiger partial charge is 0.245 e. The lowest BCUT2D eigenvalue weighted by molar-refractivity contribution is -0.139. The largest absolute Gasteiger partial charge is 0.497 e. The Morgan fingerprint density at radius 1 is 1.08 bits per heavy atom. The summed E-state index contributed by atoms with van der Waals surface area (Å²) < 4.78 is 5.26. The van der Waals surface area contributed by atoms with Gasteiger partial charge >= 0.3 is 0 Å². The van der Waals surface area contributed by atoms with Gasteiger partial charge in [0.2, 0.25) is 17.7 Å². The van der Waals surface area contributed by atoms with Gasteiger partial charge in [0.25, 0.3) is 0 Å². The second-order valence-corrected chi connectivity index (χ2v) is 10.8. The molecule has 0 saturated carbocycles. The normalized spacial score (nSPS) is 17.6. The molecular weight excluding hydrogens is 478 g/mol. The quantitative estimate of drug-likeness (QED) is 0.414. The third kappa shape index (κ3) is 7.83. The Morgan fingerprint density at radius 3 is 2.45 bits per heavy atom. The van der Waals surface area contributed by atoms with Crippen LogP contribution in [-0.4, -0.2) is 42.3 Å². The Hall–Kier alpha value is -3.35. The number of hydrogen-bond acceptors (Lipinski definition) is 4. The van der Waals surface area contributed by atoms with Crippen LogP contribution in [0.2, 0.25) is 0 Å². The summed E-state index contributed by atoms with van der Waals surface area (Å²) in [6.45, 7) is 7.17. The van der Waals surface area contributed by atoms with Gasteiger partial charge in [-0.1, -0.05) is 57.5 Å². The average molecular weight is 522 g/mol. The van der Waals surface area contributed by atoms with Crippen LogP contribution in [0.5, 0.6) is 5.75 Å². The highest BCUT2D eigenvalue weighted by Gasteiger charge is 2.35. The summed E-state index contributed by atoms with van der Waals surface area (Å²) in [6, 6.07) is 15.5. The molecule has 0 spiro atoms. The van der Waals surface area contributed by atoms with Gasteiger partial charge in [-0.2, -0.15) is 0 Å². The lowest BCUT2D eigenvalue weighted by Crippen LogP contribution is -2.50. The van der Waals surface area contributed by atoms with Gasteiger partial charge in [-0.25, -0.2) is 0 Å². The van der Waals surface area contributed by atoms with Crippen LogP contribution in [-0.2, 0) is 20.9 Å². The first-order valence-electron chi connectivity index (χ1n) is 13.8. The van der Waals surface area contributed by atoms with E-state index in [2.05, 4.69) is 17.4 Å². The van der Waals surface area contributed by atoms with Gasteiger partial charge < -0.3 is 20.7 Å². The molecule has 7 nitrogen and oxygen atoms in total. The molecule has 0 aliphatic carbocycles. The number of amides is 3. The second kappa shape index (κ2) is 14.0. The van der Waals surface area contributed by atoms with Crippen LogP contribution in [0.1, 0.15) is 64.9 Å². The summed E-state index contributed by atoms with van der Waals surface area (Å²) in [7, 11) is 1.65. The zero-order chi connectivity index (χ0) is 27.7. The van der Waals surface area contributed by atoms with Gasteiger partial charge in [-0.15, -0.1) is 0 Å². The van der Waals surface area contributed by atoms with Crippen molar-refractivity contribution in [1.29, 1.82) is 0 Å². The number of benzene rings is 2. The van der Waals surface area contributed by atoms with E-state index in [1.54, 1.807) is 7.11 Å². The Bertz CT molecular complexity index is 1080. The lowest BCUT2D eigenvalue weighted by atomic mass is 9.81. The van der Waals surface area contributed by atoms with Gasteiger partial charge in [0.05, 0.1) is 7.11 Å². The van der Waals surface area contributed by atoms with Crippen molar-refractivity contribution in [3.63, 3.8) is 0 Å². The summed E-state index contributed by atoms with van der Waals surface area (Å²) in [5.41, 5.74) is 8.88. The maximum Gasteiger partial charge on any atom is 0.245 e. The third-order valence-electron chi connectivity index (χ3n) is 7.33. The lowest BCUT2D eigenvalue weighted by Gasteiger charge is -2.29. The maximum absolute atomic E-state index is 13.6. The molecule has 206 valence electrons. The molecule has 1 heterocycles. The van der Waals surface area contributed by atoms with E-state index in [0.717, 1.165) is 41.7 Å². The van der Waals surface area contributed by atoms with E-state index in [0.29, 0.717) is 32.4 Å². The van der Waals surface area contributed by atoms with Gasteiger partial charge in [-0.05, 0) is 72.9 Å². The van der Waals surface area contributed by atoms with E-state index in [1.807, 2.05) is 62.1 Å². The standard InChI is InChI=1S/C31H43N3O4/c1-5-9-26(29(32)35)27(18-21(2)3)30(36)33-28-12-6-7-17-34(31(28)37)20-22-10-8-11-24(19-22)23-13-15-25(38-4)16-14-23/h8,10-11,13-16,19,21,26-28H,5-7,9,12,17-18,20H2,1-4H3,(H2,32,35)(H,33,36)/t26-,27?,28-/m0/s1. The highest BCUT2D eigenvalue weighted by Crippen LogP contribution is 2.27. The highest BCUT2D eigenvalue weighted by atomic mass is 16.5. The number of carbonyl (C=O) groups excluding carboxylic acids is 3. The van der Waals surface area contributed by atoms with Crippen LogP contribution >= 0.6 is 0 Å². The fraction of sp³-hybridized carbons (Fsp3) is 0.516. The number of nitrogens with one attached hydrogen (secondary N) is 1. The minimum atomic E-state index is -0.598. The third-order valence-corrected chi connectivity index (χ3v) is 7.33. The Labute approximate surface area is 227 Å². The number of rotatable bonds is 12. The number of methoxy groups -OCH3 is 1. The average Bonchev–Trinajstić information content (AvgIpc) is 3.07. The molecule has 3 atom stereocenters. The number of hydrogen-bond donors (Lipinski definition) is 2. The zero-order valence-corrected chi connectivity index (χ0v) is 23.2. The minimum Gasteiger partial charge on any atom is -0.497 e. The van der Waals surface area contributed by atoms with E-state index in [4.69, 9.17) is 10.5 Å². The number of ether oxygens (including phenoxy) is 1. The first-order valence-corrected chi connectivity index (χ1v) is 13.8. The number of likely N-dealkylation sites (tertiary alicyclic amines) is 1. The predicted octanol–water partition coefficient (Wildman–Crippen LogP) is 4.92. The monoisotopic (exact) mass is 521 g/mol. The van der Waals surface area contributed by atoms with Gasteiger partial charge in [-0.3, -0.25) is 14.4 Å². The van der Waals surface area contributed by atoms with E-state index in [9.17, 15) is 14.4 Å². The first kappa shape index (κ1) is 29.2. The molecule has 3 rings (SSSR count). The Morgan fingerprint density at radius 2 is 1.82 bits per heavy atom. The number of primary amides is 1. The fourth-order valence-corrected chi connectivity index (χ4v) is 5.34. The molecule has 3 N–H and O–H groups in total. The van der Waals surface area contributed by atoms with Crippen molar-refractivity contribution >= 4 is 17.7 Å². The molecule has 1 aliphatic rings. The molecule has 2 aromatic rings. The first-order chi connectivity index (χ1) is 18.2. The van der Waals surface area contributed by atoms with Gasteiger partial charge in [0.15, 0.2) is 0 Å². The summed E-state index contributed by atoms with van der Waals surface area (Å²) in [4.78, 5) is 41.1. The molecule has 7 heteroatoms. The van der Waals surface area contributed by atoms with Gasteiger partial charge in [0, 0.05) is 24.9 Å². The topological polar surface area (TPSA) is 102 Å². The molecule has 0 radical (unpaired) electrons. The van der Waals surface area contributed by atoms with Crippen LogP contribution in [0, 0.1) is 17.8 Å². The maximum atomic E-state index is 13.6. The predicted molar refractivity (Wildman–Crippen MR) is 150 cm³/mol. The van der Waals surface area contributed by atoms with Crippen molar-refractivity contribution in [2.24, 2.45) is 23.5 Å². The molecular formula is C31H43N3O4. The number of nitrogens with two attached hydrogens (primary N) is 1. The van der Waals surface area contributed by atoms with E-state index in [-0.39, 0.29) is 17.7 Å². The molecule has 38 heavy (non-hydrogen) atoms. The van der Waals surface area contributed by atoms with Crippen LogP contribution in [0.15, 0.2) is 48.5 Å². The van der Waals surface area contributed by atoms with Crippen LogP contribution in [0.3, 0.4) is 0 Å². The molecule has 3 amide bonds. The van der Waals surface area contributed by atoms with Crippen molar-refractivity contribution in [2.75, 3.05) is 13.7 Å². The molecule has 1 saturated heterocycles. The van der Waals surface area contributed by atoms with Crippen LogP contribution in [0.25, 0.3) is 11.1 Å². The van der Waals surface area contributed by atoms with Crippen molar-refractivity contribution in [3.05, 3.63) is 54.1 Å². The molecule has 2 aromatic carbocycles. The number of carbonyl (C=O) groups is 3. The summed E-state index contributed by atoms with van der Waals surface area (Å²) in [6.07, 6.45) is 4.21. The zero-order valence-electron chi connectivity index (χ0n) is 23.2. The van der Waals surface area contributed by atoms with Crippen molar-refractivity contribution < 1.29 is 19.1 Å². The second-order valence-electron chi connectivity index (χ2n) is 10.8. The van der Waals surface area contributed by atoms with E-state index >= 15 is 0 Å². The Balaban J connectivity index is 1.74. The highest BCUT2D eigenvalue weighted by molar-refractivity contribution is 5.91. The van der Waals surface area contributed by atoms with Crippen LogP contribution < -0.4 is 15.8 Å². The number of nitrogens with zero attached hydrogens (tertiary/aromatic N) is 1. The minimum absolute atomic E-state index is 0.0693.